The number of carbonyl (C=O) groups excluding carboxylic acids is 2. The molecule has 3 aromatic rings. The molecule has 7 nitrogen and oxygen atoms in total. The molecule has 1 amide bonds. The van der Waals surface area contributed by atoms with Crippen LogP contribution < -0.4 is 10.6 Å². The Morgan fingerprint density at radius 3 is 2.42 bits per heavy atom. The highest BCUT2D eigenvalue weighted by Gasteiger charge is 2.37. The number of hydrogen-bond acceptors (Lipinski definition) is 7. The van der Waals surface area contributed by atoms with E-state index in [-0.39, 0.29) is 23.8 Å². The molecule has 0 spiro atoms. The van der Waals surface area contributed by atoms with Crippen LogP contribution in [0.25, 0.3) is 0 Å². The molecule has 0 radical (unpaired) electrons. The van der Waals surface area contributed by atoms with Crippen molar-refractivity contribution in [2.45, 2.75) is 40.2 Å². The van der Waals surface area contributed by atoms with Crippen molar-refractivity contribution in [2.24, 2.45) is 0 Å². The molecule has 1 aliphatic heterocycles. The third-order valence-corrected chi connectivity index (χ3v) is 7.21. The van der Waals surface area contributed by atoms with Crippen molar-refractivity contribution in [2.75, 3.05) is 11.1 Å². The summed E-state index contributed by atoms with van der Waals surface area (Å²) in [5, 5.41) is 16.8. The maximum absolute atomic E-state index is 13.2. The first-order valence-electron chi connectivity index (χ1n) is 12.2. The Hall–Kier alpha value is -4.22. The number of dihydropyridines is 1. The van der Waals surface area contributed by atoms with Gasteiger partial charge in [0.15, 0.2) is 0 Å². The Morgan fingerprint density at radius 2 is 1.79 bits per heavy atom. The van der Waals surface area contributed by atoms with Gasteiger partial charge in [0.05, 0.1) is 40.2 Å². The van der Waals surface area contributed by atoms with E-state index in [4.69, 9.17) is 9.15 Å². The smallest absolute Gasteiger partial charge is 0.337 e. The fourth-order valence-electron chi connectivity index (χ4n) is 4.53. The molecule has 194 valence electrons. The molecule has 38 heavy (non-hydrogen) atoms. The van der Waals surface area contributed by atoms with E-state index >= 15 is 0 Å². The first kappa shape index (κ1) is 26.8. The largest absolute Gasteiger partial charge is 0.468 e. The summed E-state index contributed by atoms with van der Waals surface area (Å²) in [6.07, 6.45) is 1.50. The van der Waals surface area contributed by atoms with Crippen molar-refractivity contribution in [1.82, 2.24) is 5.32 Å². The van der Waals surface area contributed by atoms with Gasteiger partial charge in [-0.05, 0) is 56.5 Å². The van der Waals surface area contributed by atoms with Crippen LogP contribution in [0.15, 0.2) is 87.1 Å². The highest BCUT2D eigenvalue weighted by atomic mass is 32.2. The summed E-state index contributed by atoms with van der Waals surface area (Å²) in [5.41, 5.74) is 5.89. The number of rotatable bonds is 8. The molecular formula is C30H29N3O4S. The molecule has 0 unspecified atom stereocenters. The molecule has 8 heteroatoms. The number of benzene rings is 2. The van der Waals surface area contributed by atoms with E-state index in [1.807, 2.05) is 63.2 Å². The lowest BCUT2D eigenvalue weighted by Crippen LogP contribution is -2.29. The van der Waals surface area contributed by atoms with Crippen LogP contribution in [0.4, 0.5) is 5.69 Å². The lowest BCUT2D eigenvalue weighted by atomic mass is 9.86. The van der Waals surface area contributed by atoms with E-state index < -0.39 is 11.9 Å². The van der Waals surface area contributed by atoms with Gasteiger partial charge < -0.3 is 19.8 Å². The SMILES string of the molecule is CC1=C(C(=O)OCc2ccccc2)[C@@H](c2ccco2)C(C#N)=C(SCC(=O)Nc2c(C)cc(C)cc2C)N1. The number of nitriles is 1. The zero-order valence-corrected chi connectivity index (χ0v) is 22.6. The number of ether oxygens (including phenoxy) is 1. The summed E-state index contributed by atoms with van der Waals surface area (Å²) in [6.45, 7) is 7.79. The number of amides is 1. The van der Waals surface area contributed by atoms with Crippen LogP contribution in [0.3, 0.4) is 0 Å². The van der Waals surface area contributed by atoms with Crippen molar-refractivity contribution in [3.05, 3.63) is 111 Å². The van der Waals surface area contributed by atoms with Gasteiger partial charge in [0.2, 0.25) is 5.91 Å². The first-order chi connectivity index (χ1) is 18.3. The fraction of sp³-hybridized carbons (Fsp3) is 0.233. The number of thioether (sulfide) groups is 1. The highest BCUT2D eigenvalue weighted by molar-refractivity contribution is 8.03. The number of nitrogens with zero attached hydrogens (tertiary/aromatic N) is 1. The topological polar surface area (TPSA) is 104 Å². The Bertz CT molecular complexity index is 1430. The van der Waals surface area contributed by atoms with E-state index in [1.165, 1.54) is 18.0 Å². The highest BCUT2D eigenvalue weighted by Crippen LogP contribution is 2.41. The van der Waals surface area contributed by atoms with Gasteiger partial charge in [-0.2, -0.15) is 5.26 Å². The van der Waals surface area contributed by atoms with Gasteiger partial charge in [-0.1, -0.05) is 59.8 Å². The van der Waals surface area contributed by atoms with Crippen LogP contribution >= 0.6 is 11.8 Å². The fourth-order valence-corrected chi connectivity index (χ4v) is 5.42. The van der Waals surface area contributed by atoms with E-state index in [1.54, 1.807) is 19.1 Å². The number of anilines is 1. The molecule has 0 saturated heterocycles. The minimum absolute atomic E-state index is 0.0756. The number of carbonyl (C=O) groups is 2. The number of hydrogen-bond donors (Lipinski definition) is 2. The normalized spacial score (nSPS) is 15.1. The Morgan fingerprint density at radius 1 is 1.08 bits per heavy atom. The molecule has 0 bridgehead atoms. The molecule has 1 aliphatic rings. The molecule has 1 aromatic heterocycles. The predicted molar refractivity (Wildman–Crippen MR) is 148 cm³/mol. The summed E-state index contributed by atoms with van der Waals surface area (Å²) in [5.74, 6) is -0.971. The second kappa shape index (κ2) is 11.9. The molecule has 2 aromatic carbocycles. The number of nitrogens with one attached hydrogen (secondary N) is 2. The van der Waals surface area contributed by atoms with Gasteiger partial charge in [-0.25, -0.2) is 4.79 Å². The predicted octanol–water partition coefficient (Wildman–Crippen LogP) is 6.02. The zero-order valence-electron chi connectivity index (χ0n) is 21.8. The van der Waals surface area contributed by atoms with Gasteiger partial charge >= 0.3 is 5.97 Å². The third-order valence-electron chi connectivity index (χ3n) is 6.20. The average molecular weight is 528 g/mol. The minimum Gasteiger partial charge on any atom is -0.468 e. The molecule has 1 atom stereocenters. The minimum atomic E-state index is -0.758. The summed E-state index contributed by atoms with van der Waals surface area (Å²) in [4.78, 5) is 26.1. The van der Waals surface area contributed by atoms with Crippen molar-refractivity contribution in [1.29, 1.82) is 5.26 Å². The standard InChI is InChI=1S/C30H29N3O4S/c1-18-13-19(2)28(20(3)14-18)33-25(34)17-38-29-23(15-31)27(24-11-8-12-36-24)26(21(4)32-29)30(35)37-16-22-9-6-5-7-10-22/h5-14,27,32H,16-17H2,1-4H3,(H,33,34)/t27-/m1/s1. The second-order valence-electron chi connectivity index (χ2n) is 9.14. The molecule has 2 heterocycles. The monoisotopic (exact) mass is 527 g/mol. The number of furan rings is 1. The second-order valence-corrected chi connectivity index (χ2v) is 10.1. The zero-order chi connectivity index (χ0) is 27.2. The number of allylic oxidation sites excluding steroid dienone is 2. The summed E-state index contributed by atoms with van der Waals surface area (Å²) in [6, 6.07) is 19.1. The van der Waals surface area contributed by atoms with E-state index in [0.717, 1.165) is 27.9 Å². The van der Waals surface area contributed by atoms with Crippen LogP contribution in [-0.2, 0) is 20.9 Å². The Labute approximate surface area is 226 Å². The maximum Gasteiger partial charge on any atom is 0.337 e. The third kappa shape index (κ3) is 6.01. The molecule has 0 saturated carbocycles. The summed E-state index contributed by atoms with van der Waals surface area (Å²) in [7, 11) is 0. The maximum atomic E-state index is 13.2. The lowest BCUT2D eigenvalue weighted by molar-refractivity contribution is -0.140. The molecular weight excluding hydrogens is 498 g/mol. The van der Waals surface area contributed by atoms with Crippen LogP contribution in [0.2, 0.25) is 0 Å². The van der Waals surface area contributed by atoms with Crippen molar-refractivity contribution < 1.29 is 18.7 Å². The molecule has 2 N–H and O–H groups in total. The van der Waals surface area contributed by atoms with Gasteiger partial charge in [0.25, 0.3) is 0 Å². The Kier molecular flexibility index (Phi) is 8.39. The van der Waals surface area contributed by atoms with Crippen molar-refractivity contribution in [3.8, 4) is 6.07 Å². The van der Waals surface area contributed by atoms with E-state index in [0.29, 0.717) is 22.1 Å². The van der Waals surface area contributed by atoms with E-state index in [9.17, 15) is 14.9 Å². The Balaban J connectivity index is 1.55. The van der Waals surface area contributed by atoms with Gasteiger partial charge in [0, 0.05) is 11.4 Å². The van der Waals surface area contributed by atoms with Crippen LogP contribution in [-0.4, -0.2) is 17.6 Å². The van der Waals surface area contributed by atoms with Crippen LogP contribution in [0.1, 0.15) is 40.9 Å². The van der Waals surface area contributed by atoms with Crippen molar-refractivity contribution in [3.63, 3.8) is 0 Å². The number of aryl methyl sites for hydroxylation is 3. The van der Waals surface area contributed by atoms with E-state index in [2.05, 4.69) is 16.7 Å². The molecule has 4 rings (SSSR count). The summed E-state index contributed by atoms with van der Waals surface area (Å²) < 4.78 is 11.3. The average Bonchev–Trinajstić information content (AvgIpc) is 3.43. The van der Waals surface area contributed by atoms with Gasteiger partial charge in [-0.3, -0.25) is 4.79 Å². The van der Waals surface area contributed by atoms with Crippen molar-refractivity contribution >= 4 is 29.3 Å². The quantitative estimate of drug-likeness (QED) is 0.345. The summed E-state index contributed by atoms with van der Waals surface area (Å²) >= 11 is 1.21. The van der Waals surface area contributed by atoms with Gasteiger partial charge in [0.1, 0.15) is 12.4 Å². The van der Waals surface area contributed by atoms with Gasteiger partial charge in [-0.15, -0.1) is 0 Å². The first-order valence-corrected chi connectivity index (χ1v) is 13.1. The van der Waals surface area contributed by atoms with Crippen LogP contribution in [0.5, 0.6) is 0 Å². The van der Waals surface area contributed by atoms with Crippen LogP contribution in [0, 0.1) is 32.1 Å². The molecule has 0 aliphatic carbocycles. The lowest BCUT2D eigenvalue weighted by Gasteiger charge is -2.28. The molecule has 0 fully saturated rings. The number of esters is 1.